The van der Waals surface area contributed by atoms with Gasteiger partial charge in [-0.2, -0.15) is 11.8 Å². The summed E-state index contributed by atoms with van der Waals surface area (Å²) in [7, 11) is 0. The maximum Gasteiger partial charge on any atom is 0.166 e. The van der Waals surface area contributed by atoms with Gasteiger partial charge in [0, 0.05) is 22.0 Å². The van der Waals surface area contributed by atoms with Crippen LogP contribution in [0.5, 0.6) is 0 Å². The number of hydrogen-bond acceptors (Lipinski definition) is 2. The second-order valence-corrected chi connectivity index (χ2v) is 7.28. The Morgan fingerprint density at radius 2 is 1.79 bits per heavy atom. The molecule has 2 saturated heterocycles. The van der Waals surface area contributed by atoms with Crippen LogP contribution in [0.2, 0.25) is 0 Å². The minimum Gasteiger partial charge on any atom is -0.294 e. The highest BCUT2D eigenvalue weighted by atomic mass is 32.2. The normalized spacial score (nSPS) is 29.8. The van der Waals surface area contributed by atoms with Crippen LogP contribution in [0.3, 0.4) is 0 Å². The van der Waals surface area contributed by atoms with E-state index >= 15 is 0 Å². The summed E-state index contributed by atoms with van der Waals surface area (Å²) in [6.45, 7) is 3.75. The van der Waals surface area contributed by atoms with Gasteiger partial charge in [-0.3, -0.25) is 4.79 Å². The number of fused-ring (bicyclic) bond motifs is 2. The second kappa shape index (κ2) is 5.54. The topological polar surface area (TPSA) is 17.1 Å². The lowest BCUT2D eigenvalue weighted by Gasteiger charge is -2.37. The zero-order valence-electron chi connectivity index (χ0n) is 11.2. The smallest absolute Gasteiger partial charge is 0.166 e. The van der Waals surface area contributed by atoms with Gasteiger partial charge < -0.3 is 0 Å². The van der Waals surface area contributed by atoms with Crippen LogP contribution in [-0.2, 0) is 0 Å². The molecule has 0 N–H and O–H groups in total. The molecule has 2 bridgehead atoms. The van der Waals surface area contributed by atoms with Gasteiger partial charge in [0.05, 0.1) is 0 Å². The predicted octanol–water partition coefficient (Wildman–Crippen LogP) is 4.58. The SMILES string of the molecule is C=Cc1ccc(C(=O)C2CC3CCCC(C2)S3)cc1. The predicted molar refractivity (Wildman–Crippen MR) is 82.6 cm³/mol. The number of Topliss-reactive ketones (excluding diaryl/α,β-unsaturated/α-hetero) is 1. The van der Waals surface area contributed by atoms with Crippen LogP contribution in [0.25, 0.3) is 6.08 Å². The van der Waals surface area contributed by atoms with Crippen LogP contribution in [0.1, 0.15) is 48.0 Å². The zero-order chi connectivity index (χ0) is 13.2. The molecule has 0 saturated carbocycles. The van der Waals surface area contributed by atoms with Crippen LogP contribution >= 0.6 is 11.8 Å². The zero-order valence-corrected chi connectivity index (χ0v) is 12.0. The number of benzene rings is 1. The fourth-order valence-corrected chi connectivity index (χ4v) is 5.13. The van der Waals surface area contributed by atoms with Gasteiger partial charge >= 0.3 is 0 Å². The molecule has 1 nitrogen and oxygen atoms in total. The molecule has 2 aliphatic heterocycles. The van der Waals surface area contributed by atoms with E-state index < -0.39 is 0 Å². The van der Waals surface area contributed by atoms with E-state index in [9.17, 15) is 4.79 Å². The Morgan fingerprint density at radius 3 is 2.37 bits per heavy atom. The van der Waals surface area contributed by atoms with Crippen molar-refractivity contribution in [2.45, 2.75) is 42.6 Å². The maximum absolute atomic E-state index is 12.6. The molecule has 2 atom stereocenters. The number of rotatable bonds is 3. The Labute approximate surface area is 119 Å². The lowest BCUT2D eigenvalue weighted by atomic mass is 9.84. The summed E-state index contributed by atoms with van der Waals surface area (Å²) in [5, 5.41) is 1.46. The van der Waals surface area contributed by atoms with Crippen molar-refractivity contribution in [3.63, 3.8) is 0 Å². The first-order valence-corrected chi connectivity index (χ1v) is 8.12. The van der Waals surface area contributed by atoms with Crippen molar-refractivity contribution in [2.24, 2.45) is 5.92 Å². The van der Waals surface area contributed by atoms with Gasteiger partial charge in [-0.15, -0.1) is 0 Å². The molecule has 1 aromatic rings. The van der Waals surface area contributed by atoms with Gasteiger partial charge in [0.25, 0.3) is 0 Å². The van der Waals surface area contributed by atoms with E-state index in [1.165, 1.54) is 19.3 Å². The molecule has 2 heteroatoms. The van der Waals surface area contributed by atoms with Crippen LogP contribution < -0.4 is 0 Å². The number of ketones is 1. The van der Waals surface area contributed by atoms with Crippen LogP contribution in [0, 0.1) is 5.92 Å². The summed E-state index contributed by atoms with van der Waals surface area (Å²) in [4.78, 5) is 12.6. The van der Waals surface area contributed by atoms with Gasteiger partial charge in [-0.25, -0.2) is 0 Å². The van der Waals surface area contributed by atoms with E-state index in [4.69, 9.17) is 0 Å². The monoisotopic (exact) mass is 272 g/mol. The molecule has 0 aliphatic carbocycles. The van der Waals surface area contributed by atoms with Crippen molar-refractivity contribution >= 4 is 23.6 Å². The molecule has 2 fully saturated rings. The highest BCUT2D eigenvalue weighted by Gasteiger charge is 2.35. The quantitative estimate of drug-likeness (QED) is 0.749. The minimum absolute atomic E-state index is 0.256. The second-order valence-electron chi connectivity index (χ2n) is 5.67. The molecule has 1 aromatic carbocycles. The third-order valence-corrected chi connectivity index (χ3v) is 5.96. The Hall–Kier alpha value is -1.02. The Morgan fingerprint density at radius 1 is 1.16 bits per heavy atom. The van der Waals surface area contributed by atoms with E-state index in [1.54, 1.807) is 0 Å². The Bertz CT molecular complexity index is 465. The molecule has 2 heterocycles. The fourth-order valence-electron chi connectivity index (χ4n) is 3.29. The standard InChI is InChI=1S/C17H20OS/c1-2-12-6-8-13(9-7-12)17(18)14-10-15-4-3-5-16(11-14)19-15/h2,6-9,14-16H,1,3-5,10-11H2. The van der Waals surface area contributed by atoms with E-state index in [0.29, 0.717) is 5.78 Å². The number of carbonyl (C=O) groups excluding carboxylic acids is 1. The first-order valence-electron chi connectivity index (χ1n) is 7.18. The molecular weight excluding hydrogens is 252 g/mol. The van der Waals surface area contributed by atoms with Crippen molar-refractivity contribution in [1.82, 2.24) is 0 Å². The van der Waals surface area contributed by atoms with Gasteiger partial charge in [-0.1, -0.05) is 43.3 Å². The summed E-state index contributed by atoms with van der Waals surface area (Å²) in [6.07, 6.45) is 7.96. The molecule has 100 valence electrons. The van der Waals surface area contributed by atoms with Crippen LogP contribution in [0.15, 0.2) is 30.8 Å². The molecule has 0 radical (unpaired) electrons. The molecule has 0 aromatic heterocycles. The number of hydrogen-bond donors (Lipinski definition) is 0. The van der Waals surface area contributed by atoms with Crippen LogP contribution in [0.4, 0.5) is 0 Å². The van der Waals surface area contributed by atoms with Crippen molar-refractivity contribution in [3.8, 4) is 0 Å². The third-order valence-electron chi connectivity index (χ3n) is 4.33. The molecule has 0 amide bonds. The Kier molecular flexibility index (Phi) is 3.79. The van der Waals surface area contributed by atoms with Gasteiger partial charge in [-0.05, 0) is 31.2 Å². The van der Waals surface area contributed by atoms with Crippen molar-refractivity contribution in [1.29, 1.82) is 0 Å². The molecule has 0 spiro atoms. The summed E-state index contributed by atoms with van der Waals surface area (Å²) in [6, 6.07) is 7.88. The largest absolute Gasteiger partial charge is 0.294 e. The van der Waals surface area contributed by atoms with Crippen molar-refractivity contribution < 1.29 is 4.79 Å². The van der Waals surface area contributed by atoms with E-state index in [2.05, 4.69) is 18.3 Å². The van der Waals surface area contributed by atoms with Gasteiger partial charge in [0.15, 0.2) is 5.78 Å². The first-order chi connectivity index (χ1) is 9.26. The van der Waals surface area contributed by atoms with Crippen molar-refractivity contribution in [2.75, 3.05) is 0 Å². The van der Waals surface area contributed by atoms with E-state index in [0.717, 1.165) is 34.5 Å². The summed E-state index contributed by atoms with van der Waals surface area (Å²) < 4.78 is 0. The number of carbonyl (C=O) groups is 1. The molecule has 3 rings (SSSR count). The lowest BCUT2D eigenvalue weighted by Crippen LogP contribution is -2.32. The molecular formula is C17H20OS. The maximum atomic E-state index is 12.6. The highest BCUT2D eigenvalue weighted by Crippen LogP contribution is 2.44. The molecule has 2 unspecified atom stereocenters. The molecule has 19 heavy (non-hydrogen) atoms. The Balaban J connectivity index is 1.74. The van der Waals surface area contributed by atoms with Gasteiger partial charge in [0.2, 0.25) is 0 Å². The summed E-state index contributed by atoms with van der Waals surface area (Å²) >= 11 is 2.13. The lowest BCUT2D eigenvalue weighted by molar-refractivity contribution is 0.0896. The van der Waals surface area contributed by atoms with Crippen LogP contribution in [-0.4, -0.2) is 16.3 Å². The van der Waals surface area contributed by atoms with Gasteiger partial charge in [0.1, 0.15) is 0 Å². The average Bonchev–Trinajstić information content (AvgIpc) is 2.46. The highest BCUT2D eigenvalue weighted by molar-refractivity contribution is 8.00. The fraction of sp³-hybridized carbons (Fsp3) is 0.471. The summed E-state index contributed by atoms with van der Waals surface area (Å²) in [5.41, 5.74) is 1.95. The van der Waals surface area contributed by atoms with E-state index in [1.807, 2.05) is 30.3 Å². The minimum atomic E-state index is 0.256. The first kappa shape index (κ1) is 13.0. The van der Waals surface area contributed by atoms with Crippen molar-refractivity contribution in [3.05, 3.63) is 42.0 Å². The summed E-state index contributed by atoms with van der Waals surface area (Å²) in [5.74, 6) is 0.610. The third kappa shape index (κ3) is 2.79. The molecule has 2 aliphatic rings. The number of thioether (sulfide) groups is 1. The average molecular weight is 272 g/mol. The van der Waals surface area contributed by atoms with E-state index in [-0.39, 0.29) is 5.92 Å².